The Morgan fingerprint density at radius 1 is 1.17 bits per heavy atom. The number of nitrogens with one attached hydrogen (secondary N) is 1. The fourth-order valence-corrected chi connectivity index (χ4v) is 1.32. The van der Waals surface area contributed by atoms with E-state index in [9.17, 15) is 12.9 Å². The molecule has 1 fully saturated rings. The van der Waals surface area contributed by atoms with E-state index < -0.39 is 6.98 Å². The van der Waals surface area contributed by atoms with Crippen LogP contribution < -0.4 is 5.32 Å². The van der Waals surface area contributed by atoms with Gasteiger partial charge in [0.05, 0.1) is 0 Å². The van der Waals surface area contributed by atoms with Crippen molar-refractivity contribution >= 4 is 6.98 Å². The molecule has 1 nitrogen and oxygen atoms in total. The molecule has 0 unspecified atom stereocenters. The Morgan fingerprint density at radius 2 is 1.75 bits per heavy atom. The topological polar surface area (TPSA) is 12.0 Å². The smallest absolute Gasteiger partial charge is 0.445 e. The van der Waals surface area contributed by atoms with Crippen LogP contribution in [-0.2, 0) is 0 Å². The first-order chi connectivity index (χ1) is 5.58. The summed E-state index contributed by atoms with van der Waals surface area (Å²) in [5.41, 5.74) is 0. The molecule has 0 aromatic rings. The summed E-state index contributed by atoms with van der Waals surface area (Å²) in [6.07, 6.45) is 2.95. The molecule has 0 saturated carbocycles. The van der Waals surface area contributed by atoms with Crippen LogP contribution in [0.3, 0.4) is 0 Å². The monoisotopic (exact) mass is 178 g/mol. The van der Waals surface area contributed by atoms with Gasteiger partial charge in [0.15, 0.2) is 0 Å². The number of hydrogen-bond donors (Lipinski definition) is 1. The zero-order chi connectivity index (χ0) is 9.03. The summed E-state index contributed by atoms with van der Waals surface area (Å²) in [4.78, 5) is 0. The highest BCUT2D eigenvalue weighted by Gasteiger charge is 2.18. The molecule has 1 saturated heterocycles. The van der Waals surface area contributed by atoms with E-state index in [1.807, 2.05) is 0 Å². The summed E-state index contributed by atoms with van der Waals surface area (Å²) in [5.74, 6) is 0.533. The molecule has 1 rings (SSSR count). The van der Waals surface area contributed by atoms with Gasteiger partial charge in [-0.3, -0.25) is 0 Å². The Bertz CT molecular complexity index is 161. The fraction of sp³-hybridized carbons (Fsp3) is 0.714. The van der Waals surface area contributed by atoms with E-state index in [1.165, 1.54) is 6.08 Å². The number of halogens is 3. The minimum absolute atomic E-state index is 0.120. The van der Waals surface area contributed by atoms with Gasteiger partial charge in [0.2, 0.25) is 0 Å². The van der Waals surface area contributed by atoms with Gasteiger partial charge in [-0.15, -0.1) is 12.1 Å². The molecule has 1 aliphatic heterocycles. The fourth-order valence-electron chi connectivity index (χ4n) is 1.32. The van der Waals surface area contributed by atoms with Gasteiger partial charge in [0, 0.05) is 0 Å². The van der Waals surface area contributed by atoms with E-state index in [1.54, 1.807) is 0 Å². The minimum atomic E-state index is -4.73. The van der Waals surface area contributed by atoms with Gasteiger partial charge < -0.3 is 18.3 Å². The van der Waals surface area contributed by atoms with Crippen molar-refractivity contribution in [3.05, 3.63) is 12.1 Å². The molecular formula is C7H12BF3N-. The Kier molecular flexibility index (Phi) is 3.20. The maximum absolute atomic E-state index is 11.8. The summed E-state index contributed by atoms with van der Waals surface area (Å²) in [6.45, 7) is -3.06. The molecule has 0 aliphatic carbocycles. The molecule has 1 N–H and O–H groups in total. The van der Waals surface area contributed by atoms with E-state index >= 15 is 0 Å². The second kappa shape index (κ2) is 3.98. The summed E-state index contributed by atoms with van der Waals surface area (Å²) >= 11 is 0. The largest absolute Gasteiger partial charge is 0.502 e. The molecule has 1 aliphatic rings. The van der Waals surface area contributed by atoms with E-state index in [-0.39, 0.29) is 5.92 Å². The predicted octanol–water partition coefficient (Wildman–Crippen LogP) is 1.93. The molecule has 0 bridgehead atoms. The highest BCUT2D eigenvalue weighted by Crippen LogP contribution is 2.16. The van der Waals surface area contributed by atoms with Crippen LogP contribution in [0.25, 0.3) is 0 Å². The van der Waals surface area contributed by atoms with Gasteiger partial charge in [0.1, 0.15) is 0 Å². The Morgan fingerprint density at radius 3 is 2.25 bits per heavy atom. The number of piperidine rings is 1. The minimum Gasteiger partial charge on any atom is -0.445 e. The zero-order valence-electron chi connectivity index (χ0n) is 6.77. The van der Waals surface area contributed by atoms with Gasteiger partial charge in [-0.2, -0.15) is 0 Å². The maximum atomic E-state index is 11.8. The maximum Gasteiger partial charge on any atom is 0.502 e. The first-order valence-electron chi connectivity index (χ1n) is 4.18. The quantitative estimate of drug-likeness (QED) is 0.637. The molecule has 0 spiro atoms. The zero-order valence-corrected chi connectivity index (χ0v) is 6.77. The van der Waals surface area contributed by atoms with E-state index in [2.05, 4.69) is 5.32 Å². The van der Waals surface area contributed by atoms with Gasteiger partial charge in [0.25, 0.3) is 0 Å². The Labute approximate surface area is 70.1 Å². The molecule has 70 valence electrons. The van der Waals surface area contributed by atoms with Crippen molar-refractivity contribution < 1.29 is 12.9 Å². The summed E-state index contributed by atoms with van der Waals surface area (Å²) in [6, 6.07) is 0. The van der Waals surface area contributed by atoms with Crippen LogP contribution in [0.2, 0.25) is 0 Å². The van der Waals surface area contributed by atoms with Crippen molar-refractivity contribution in [1.29, 1.82) is 0 Å². The van der Waals surface area contributed by atoms with Crippen molar-refractivity contribution in [2.45, 2.75) is 12.8 Å². The van der Waals surface area contributed by atoms with Crippen LogP contribution in [-0.4, -0.2) is 20.1 Å². The predicted molar refractivity (Wildman–Crippen MR) is 43.8 cm³/mol. The average Bonchev–Trinajstić information content (AvgIpc) is 2.02. The van der Waals surface area contributed by atoms with Crippen LogP contribution in [0, 0.1) is 5.92 Å². The van der Waals surface area contributed by atoms with Crippen LogP contribution in [0.1, 0.15) is 12.8 Å². The third-order valence-corrected chi connectivity index (χ3v) is 1.99. The summed E-state index contributed by atoms with van der Waals surface area (Å²) in [5, 5.41) is 3.10. The van der Waals surface area contributed by atoms with Gasteiger partial charge in [-0.25, -0.2) is 0 Å². The third kappa shape index (κ3) is 3.81. The van der Waals surface area contributed by atoms with E-state index in [0.29, 0.717) is 5.98 Å². The highest BCUT2D eigenvalue weighted by atomic mass is 19.4. The van der Waals surface area contributed by atoms with Gasteiger partial charge >= 0.3 is 6.98 Å². The molecule has 5 heteroatoms. The summed E-state index contributed by atoms with van der Waals surface area (Å²) in [7, 11) is 0. The first-order valence-corrected chi connectivity index (χ1v) is 4.18. The first kappa shape index (κ1) is 9.64. The van der Waals surface area contributed by atoms with Crippen molar-refractivity contribution in [3.8, 4) is 0 Å². The standard InChI is InChI=1S/C7H12BF3N/c9-8(10,11)4-1-7-2-5-12-6-3-7/h1,4,7,12H,2-3,5-6H2/q-1/b4-1+. The molecular weight excluding hydrogens is 166 g/mol. The lowest BCUT2D eigenvalue weighted by molar-refractivity contribution is 0.434. The molecule has 1 heterocycles. The SMILES string of the molecule is F[B-](F)(F)/C=C/C1CCNCC1. The van der Waals surface area contributed by atoms with Crippen molar-refractivity contribution in [1.82, 2.24) is 5.32 Å². The van der Waals surface area contributed by atoms with Crippen molar-refractivity contribution in [2.75, 3.05) is 13.1 Å². The number of hydrogen-bond acceptors (Lipinski definition) is 1. The molecule has 0 radical (unpaired) electrons. The van der Waals surface area contributed by atoms with Crippen LogP contribution >= 0.6 is 0 Å². The van der Waals surface area contributed by atoms with Crippen molar-refractivity contribution in [2.24, 2.45) is 5.92 Å². The highest BCUT2D eigenvalue weighted by molar-refractivity contribution is 6.64. The van der Waals surface area contributed by atoms with Crippen LogP contribution in [0.5, 0.6) is 0 Å². The molecule has 0 atom stereocenters. The van der Waals surface area contributed by atoms with Gasteiger partial charge in [-0.05, 0) is 31.8 Å². The number of rotatable bonds is 2. The molecule has 0 aromatic heterocycles. The molecule has 0 aromatic carbocycles. The normalized spacial score (nSPS) is 21.9. The van der Waals surface area contributed by atoms with Crippen LogP contribution in [0.4, 0.5) is 12.9 Å². The third-order valence-electron chi connectivity index (χ3n) is 1.99. The average molecular weight is 178 g/mol. The van der Waals surface area contributed by atoms with E-state index in [4.69, 9.17) is 0 Å². The lowest BCUT2D eigenvalue weighted by Gasteiger charge is -2.20. The van der Waals surface area contributed by atoms with E-state index in [0.717, 1.165) is 25.9 Å². The van der Waals surface area contributed by atoms with Crippen LogP contribution in [0.15, 0.2) is 12.1 Å². The molecule has 12 heavy (non-hydrogen) atoms. The van der Waals surface area contributed by atoms with Crippen molar-refractivity contribution in [3.63, 3.8) is 0 Å². The number of allylic oxidation sites excluding steroid dienone is 1. The second-order valence-corrected chi connectivity index (χ2v) is 3.10. The lowest BCUT2D eigenvalue weighted by Crippen LogP contribution is -2.27. The lowest BCUT2D eigenvalue weighted by atomic mass is 9.87. The Balaban J connectivity index is 2.33. The Hall–Kier alpha value is -0.445. The molecule has 0 amide bonds. The van der Waals surface area contributed by atoms with Gasteiger partial charge in [-0.1, -0.05) is 0 Å². The second-order valence-electron chi connectivity index (χ2n) is 3.10. The summed E-state index contributed by atoms with van der Waals surface area (Å²) < 4.78 is 35.3.